The van der Waals surface area contributed by atoms with Gasteiger partial charge in [0.05, 0.1) is 23.4 Å². The van der Waals surface area contributed by atoms with E-state index in [4.69, 9.17) is 4.74 Å². The van der Waals surface area contributed by atoms with E-state index in [0.29, 0.717) is 23.6 Å². The standard InChI is InChI=1S/C23H22BrN3O5S/c1-2-32-20-11-9-19(10-12-20)27(33(30,31)21-13-7-18(24)8-14-21)16-23(29)26-25-15-17-5-3-4-6-22(17)28/h3-15,28H,2,16H2,1H3,(H,26,29)/b25-15-. The van der Waals surface area contributed by atoms with Gasteiger partial charge in [-0.3, -0.25) is 9.10 Å². The minimum absolute atomic E-state index is 0.00401. The molecule has 0 saturated carbocycles. The van der Waals surface area contributed by atoms with Gasteiger partial charge in [0, 0.05) is 10.0 Å². The first-order valence-corrected chi connectivity index (χ1v) is 12.2. The molecule has 3 aromatic rings. The summed E-state index contributed by atoms with van der Waals surface area (Å²) in [6, 6.07) is 19.0. The van der Waals surface area contributed by atoms with Crippen molar-refractivity contribution in [2.45, 2.75) is 11.8 Å². The van der Waals surface area contributed by atoms with E-state index in [-0.39, 0.29) is 10.6 Å². The van der Waals surface area contributed by atoms with E-state index in [9.17, 15) is 18.3 Å². The predicted octanol–water partition coefficient (Wildman–Crippen LogP) is 3.90. The van der Waals surface area contributed by atoms with Gasteiger partial charge in [-0.25, -0.2) is 13.8 Å². The number of nitrogens with zero attached hydrogens (tertiary/aromatic N) is 2. The number of carbonyl (C=O) groups excluding carboxylic acids is 1. The lowest BCUT2D eigenvalue weighted by Crippen LogP contribution is -2.39. The van der Waals surface area contributed by atoms with E-state index in [1.54, 1.807) is 54.6 Å². The largest absolute Gasteiger partial charge is 0.507 e. The highest BCUT2D eigenvalue weighted by Crippen LogP contribution is 2.26. The molecule has 0 unspecified atom stereocenters. The van der Waals surface area contributed by atoms with Crippen LogP contribution in [0.15, 0.2) is 87.3 Å². The minimum atomic E-state index is -4.06. The van der Waals surface area contributed by atoms with Gasteiger partial charge in [0.25, 0.3) is 15.9 Å². The molecule has 0 aromatic heterocycles. The first kappa shape index (κ1) is 24.3. The van der Waals surface area contributed by atoms with Crippen LogP contribution < -0.4 is 14.5 Å². The van der Waals surface area contributed by atoms with E-state index < -0.39 is 22.5 Å². The first-order valence-electron chi connectivity index (χ1n) is 9.92. The Labute approximate surface area is 200 Å². The average molecular weight is 532 g/mol. The number of halogens is 1. The maximum absolute atomic E-state index is 13.4. The van der Waals surface area contributed by atoms with Gasteiger partial charge in [-0.05, 0) is 67.6 Å². The molecule has 0 spiro atoms. The summed E-state index contributed by atoms with van der Waals surface area (Å²) in [4.78, 5) is 12.6. The number of ether oxygens (including phenoxy) is 1. The number of carbonyl (C=O) groups is 1. The zero-order valence-corrected chi connectivity index (χ0v) is 20.1. The number of phenolic OH excluding ortho intramolecular Hbond substituents is 1. The van der Waals surface area contributed by atoms with E-state index in [2.05, 4.69) is 26.5 Å². The van der Waals surface area contributed by atoms with Crippen molar-refractivity contribution < 1.29 is 23.1 Å². The highest BCUT2D eigenvalue weighted by molar-refractivity contribution is 9.10. The molecule has 0 saturated heterocycles. The number of aromatic hydroxyl groups is 1. The number of phenols is 1. The third-order valence-corrected chi connectivity index (χ3v) is 6.77. The normalized spacial score (nSPS) is 11.3. The summed E-state index contributed by atoms with van der Waals surface area (Å²) >= 11 is 3.29. The lowest BCUT2D eigenvalue weighted by atomic mass is 10.2. The number of hydrogen-bond donors (Lipinski definition) is 2. The van der Waals surface area contributed by atoms with Crippen molar-refractivity contribution in [3.05, 3.63) is 82.8 Å². The molecular formula is C23H22BrN3O5S. The van der Waals surface area contributed by atoms with Crippen molar-refractivity contribution in [2.75, 3.05) is 17.5 Å². The Morgan fingerprint density at radius 3 is 2.39 bits per heavy atom. The molecule has 2 N–H and O–H groups in total. The predicted molar refractivity (Wildman–Crippen MR) is 130 cm³/mol. The quantitative estimate of drug-likeness (QED) is 0.321. The van der Waals surface area contributed by atoms with Crippen molar-refractivity contribution in [2.24, 2.45) is 5.10 Å². The number of anilines is 1. The molecule has 1 amide bonds. The number of rotatable bonds is 9. The molecule has 8 nitrogen and oxygen atoms in total. The number of amides is 1. The van der Waals surface area contributed by atoms with E-state index >= 15 is 0 Å². The first-order chi connectivity index (χ1) is 15.8. The lowest BCUT2D eigenvalue weighted by Gasteiger charge is -2.24. The fourth-order valence-electron chi connectivity index (χ4n) is 2.86. The smallest absolute Gasteiger partial charge is 0.264 e. The minimum Gasteiger partial charge on any atom is -0.507 e. The molecule has 10 heteroatoms. The molecule has 0 heterocycles. The van der Waals surface area contributed by atoms with Crippen LogP contribution in [0, 0.1) is 0 Å². The van der Waals surface area contributed by atoms with Crippen LogP contribution in [0.25, 0.3) is 0 Å². The van der Waals surface area contributed by atoms with Crippen LogP contribution >= 0.6 is 15.9 Å². The molecule has 0 aliphatic carbocycles. The molecule has 172 valence electrons. The number of nitrogens with one attached hydrogen (secondary N) is 1. The molecule has 0 radical (unpaired) electrons. The van der Waals surface area contributed by atoms with Crippen molar-refractivity contribution in [1.82, 2.24) is 5.43 Å². The molecule has 3 rings (SSSR count). The monoisotopic (exact) mass is 531 g/mol. The van der Waals surface area contributed by atoms with Crippen LogP contribution in [0.4, 0.5) is 5.69 Å². The second-order valence-corrected chi connectivity index (χ2v) is 9.52. The van der Waals surface area contributed by atoms with Gasteiger partial charge in [-0.15, -0.1) is 0 Å². The topological polar surface area (TPSA) is 108 Å². The van der Waals surface area contributed by atoms with Gasteiger partial charge in [-0.1, -0.05) is 28.1 Å². The van der Waals surface area contributed by atoms with Gasteiger partial charge in [0.2, 0.25) is 0 Å². The molecule has 3 aromatic carbocycles. The van der Waals surface area contributed by atoms with Crippen LogP contribution in [0.5, 0.6) is 11.5 Å². The summed E-state index contributed by atoms with van der Waals surface area (Å²) in [6.45, 7) is 1.81. The fraction of sp³-hybridized carbons (Fsp3) is 0.130. The zero-order chi connectivity index (χ0) is 23.8. The van der Waals surface area contributed by atoms with Crippen LogP contribution in [0.1, 0.15) is 12.5 Å². The summed E-state index contributed by atoms with van der Waals surface area (Å²) in [5, 5.41) is 13.6. The second-order valence-electron chi connectivity index (χ2n) is 6.74. The number of hydrazone groups is 1. The zero-order valence-electron chi connectivity index (χ0n) is 17.7. The summed E-state index contributed by atoms with van der Waals surface area (Å²) < 4.78 is 33.9. The summed E-state index contributed by atoms with van der Waals surface area (Å²) in [6.07, 6.45) is 1.28. The third-order valence-electron chi connectivity index (χ3n) is 4.45. The summed E-state index contributed by atoms with van der Waals surface area (Å²) in [5.74, 6) is -0.0699. The molecule has 0 aliphatic heterocycles. The van der Waals surface area contributed by atoms with Crippen LogP contribution in [-0.2, 0) is 14.8 Å². The second kappa shape index (κ2) is 11.0. The Morgan fingerprint density at radius 2 is 1.76 bits per heavy atom. The molecule has 33 heavy (non-hydrogen) atoms. The Morgan fingerprint density at radius 1 is 1.09 bits per heavy atom. The molecule has 0 atom stereocenters. The summed E-state index contributed by atoms with van der Waals surface area (Å²) in [7, 11) is -4.06. The van der Waals surface area contributed by atoms with Gasteiger partial charge >= 0.3 is 0 Å². The summed E-state index contributed by atoms with van der Waals surface area (Å²) in [5.41, 5.74) is 3.00. The van der Waals surface area contributed by atoms with Gasteiger partial charge < -0.3 is 9.84 Å². The Bertz CT molecular complexity index is 1230. The van der Waals surface area contributed by atoms with Crippen molar-refractivity contribution in [3.63, 3.8) is 0 Å². The number of hydrogen-bond acceptors (Lipinski definition) is 6. The Kier molecular flexibility index (Phi) is 8.07. The van der Waals surface area contributed by atoms with E-state index in [1.165, 1.54) is 24.4 Å². The number of benzene rings is 3. The molecule has 0 fully saturated rings. The van der Waals surface area contributed by atoms with Gasteiger partial charge in [0.1, 0.15) is 18.0 Å². The van der Waals surface area contributed by atoms with E-state index in [1.807, 2.05) is 6.92 Å². The fourth-order valence-corrected chi connectivity index (χ4v) is 4.55. The van der Waals surface area contributed by atoms with Crippen molar-refractivity contribution in [3.8, 4) is 11.5 Å². The highest BCUT2D eigenvalue weighted by atomic mass is 79.9. The van der Waals surface area contributed by atoms with Crippen LogP contribution in [-0.4, -0.2) is 38.8 Å². The van der Waals surface area contributed by atoms with Crippen molar-refractivity contribution in [1.29, 1.82) is 0 Å². The Hall–Kier alpha value is -3.37. The van der Waals surface area contributed by atoms with Crippen molar-refractivity contribution >= 4 is 43.8 Å². The number of para-hydroxylation sites is 1. The van der Waals surface area contributed by atoms with Gasteiger partial charge in [-0.2, -0.15) is 5.10 Å². The third kappa shape index (κ3) is 6.33. The SMILES string of the molecule is CCOc1ccc(N(CC(=O)N/N=C\c2ccccc2O)S(=O)(=O)c2ccc(Br)cc2)cc1. The Balaban J connectivity index is 1.85. The molecule has 0 aliphatic rings. The number of sulfonamides is 1. The highest BCUT2D eigenvalue weighted by Gasteiger charge is 2.27. The van der Waals surface area contributed by atoms with Gasteiger partial charge in [0.15, 0.2) is 0 Å². The van der Waals surface area contributed by atoms with E-state index in [0.717, 1.165) is 8.78 Å². The average Bonchev–Trinajstić information content (AvgIpc) is 2.80. The maximum Gasteiger partial charge on any atom is 0.264 e. The maximum atomic E-state index is 13.4. The lowest BCUT2D eigenvalue weighted by molar-refractivity contribution is -0.119. The van der Waals surface area contributed by atoms with Crippen LogP contribution in [0.2, 0.25) is 0 Å². The van der Waals surface area contributed by atoms with Crippen LogP contribution in [0.3, 0.4) is 0 Å². The molecular weight excluding hydrogens is 510 g/mol. The molecule has 0 bridgehead atoms.